The standard InChI is InChI=1S/C18H21ClN4OS/c1-22-8-10-23(11-9-22)16-6-5-14(19)12-15(16)21-17(24)13-25-18-4-2-3-7-20-18/h2-7,12H,8-11,13H2,1H3,(H,21,24). The molecule has 2 aromatic rings. The third-order valence-corrected chi connectivity index (χ3v) is 5.24. The molecule has 3 rings (SSSR count). The average molecular weight is 377 g/mol. The fraction of sp³-hybridized carbons (Fsp3) is 0.333. The van der Waals surface area contributed by atoms with Gasteiger partial charge in [0.1, 0.15) is 0 Å². The van der Waals surface area contributed by atoms with E-state index in [1.165, 1.54) is 11.8 Å². The molecule has 1 N–H and O–H groups in total. The SMILES string of the molecule is CN1CCN(c2ccc(Cl)cc2NC(=O)CSc2ccccn2)CC1. The molecule has 5 nitrogen and oxygen atoms in total. The number of piperazine rings is 1. The molecular formula is C18H21ClN4OS. The van der Waals surface area contributed by atoms with Crippen LogP contribution in [0.3, 0.4) is 0 Å². The summed E-state index contributed by atoms with van der Waals surface area (Å²) >= 11 is 7.56. The number of hydrogen-bond donors (Lipinski definition) is 1. The molecule has 0 unspecified atom stereocenters. The Labute approximate surface area is 157 Å². The van der Waals surface area contributed by atoms with Crippen molar-refractivity contribution in [1.82, 2.24) is 9.88 Å². The van der Waals surface area contributed by atoms with Gasteiger partial charge in [-0.15, -0.1) is 0 Å². The van der Waals surface area contributed by atoms with Crippen LogP contribution in [0.15, 0.2) is 47.6 Å². The van der Waals surface area contributed by atoms with Crippen LogP contribution in [0.4, 0.5) is 11.4 Å². The lowest BCUT2D eigenvalue weighted by Crippen LogP contribution is -2.44. The third-order valence-electron chi connectivity index (χ3n) is 4.07. The number of amides is 1. The Bertz CT molecular complexity index is 720. The summed E-state index contributed by atoms with van der Waals surface area (Å²) in [4.78, 5) is 21.2. The molecule has 7 heteroatoms. The summed E-state index contributed by atoms with van der Waals surface area (Å²) in [5.41, 5.74) is 1.79. The highest BCUT2D eigenvalue weighted by Gasteiger charge is 2.18. The van der Waals surface area contributed by atoms with Gasteiger partial charge in [-0.2, -0.15) is 0 Å². The van der Waals surface area contributed by atoms with Gasteiger partial charge in [-0.25, -0.2) is 4.98 Å². The Morgan fingerprint density at radius 1 is 1.24 bits per heavy atom. The zero-order chi connectivity index (χ0) is 17.6. The van der Waals surface area contributed by atoms with Gasteiger partial charge < -0.3 is 15.1 Å². The van der Waals surface area contributed by atoms with Crippen LogP contribution in [0.5, 0.6) is 0 Å². The van der Waals surface area contributed by atoms with Crippen LogP contribution in [0.1, 0.15) is 0 Å². The molecule has 0 spiro atoms. The quantitative estimate of drug-likeness (QED) is 0.812. The molecular weight excluding hydrogens is 356 g/mol. The Kier molecular flexibility index (Phi) is 6.18. The first kappa shape index (κ1) is 18.0. The molecule has 0 aliphatic carbocycles. The van der Waals surface area contributed by atoms with Crippen LogP contribution in [0, 0.1) is 0 Å². The molecule has 25 heavy (non-hydrogen) atoms. The zero-order valence-corrected chi connectivity index (χ0v) is 15.7. The number of anilines is 2. The Morgan fingerprint density at radius 3 is 2.76 bits per heavy atom. The minimum Gasteiger partial charge on any atom is -0.367 e. The summed E-state index contributed by atoms with van der Waals surface area (Å²) in [5, 5.41) is 4.46. The molecule has 0 bridgehead atoms. The van der Waals surface area contributed by atoms with E-state index in [9.17, 15) is 4.79 Å². The third kappa shape index (κ3) is 5.11. The topological polar surface area (TPSA) is 48.5 Å². The second-order valence-electron chi connectivity index (χ2n) is 5.96. The molecule has 0 radical (unpaired) electrons. The predicted octanol–water partition coefficient (Wildman–Crippen LogP) is 3.22. The van der Waals surface area contributed by atoms with E-state index < -0.39 is 0 Å². The van der Waals surface area contributed by atoms with Crippen molar-refractivity contribution in [1.29, 1.82) is 0 Å². The minimum atomic E-state index is -0.0618. The number of nitrogens with one attached hydrogen (secondary N) is 1. The number of carbonyl (C=O) groups is 1. The van der Waals surface area contributed by atoms with Crippen molar-refractivity contribution in [3.05, 3.63) is 47.6 Å². The van der Waals surface area contributed by atoms with Crippen molar-refractivity contribution in [3.8, 4) is 0 Å². The Hall–Kier alpha value is -1.76. The number of hydrogen-bond acceptors (Lipinski definition) is 5. The Morgan fingerprint density at radius 2 is 2.04 bits per heavy atom. The molecule has 132 valence electrons. The van der Waals surface area contributed by atoms with Crippen molar-refractivity contribution >= 4 is 40.6 Å². The molecule has 1 saturated heterocycles. The average Bonchev–Trinajstić information content (AvgIpc) is 2.62. The highest BCUT2D eigenvalue weighted by molar-refractivity contribution is 7.99. The van der Waals surface area contributed by atoms with Crippen LogP contribution < -0.4 is 10.2 Å². The number of thioether (sulfide) groups is 1. The summed E-state index contributed by atoms with van der Waals surface area (Å²) in [6, 6.07) is 11.3. The molecule has 1 aromatic heterocycles. The van der Waals surface area contributed by atoms with Gasteiger partial charge in [0.05, 0.1) is 22.2 Å². The summed E-state index contributed by atoms with van der Waals surface area (Å²) in [6.45, 7) is 3.88. The summed E-state index contributed by atoms with van der Waals surface area (Å²) in [7, 11) is 2.12. The van der Waals surface area contributed by atoms with E-state index in [1.807, 2.05) is 36.4 Å². The van der Waals surface area contributed by atoms with Crippen LogP contribution in [0.2, 0.25) is 5.02 Å². The first-order valence-corrected chi connectivity index (χ1v) is 9.55. The van der Waals surface area contributed by atoms with E-state index in [1.54, 1.807) is 6.20 Å². The fourth-order valence-corrected chi connectivity index (χ4v) is 3.52. The van der Waals surface area contributed by atoms with Gasteiger partial charge in [0, 0.05) is 37.4 Å². The first-order valence-electron chi connectivity index (χ1n) is 8.18. The van der Waals surface area contributed by atoms with Crippen molar-refractivity contribution in [2.75, 3.05) is 49.2 Å². The molecule has 0 atom stereocenters. The van der Waals surface area contributed by atoms with Gasteiger partial charge in [-0.1, -0.05) is 29.4 Å². The van der Waals surface area contributed by atoms with Crippen LogP contribution in [0.25, 0.3) is 0 Å². The number of halogens is 1. The summed E-state index contributed by atoms with van der Waals surface area (Å²) in [5.74, 6) is 0.249. The lowest BCUT2D eigenvalue weighted by molar-refractivity contribution is -0.113. The van der Waals surface area contributed by atoms with E-state index in [4.69, 9.17) is 11.6 Å². The lowest BCUT2D eigenvalue weighted by atomic mass is 10.2. The second-order valence-corrected chi connectivity index (χ2v) is 7.39. The van der Waals surface area contributed by atoms with E-state index in [2.05, 4.69) is 27.1 Å². The van der Waals surface area contributed by atoms with Crippen molar-refractivity contribution in [2.24, 2.45) is 0 Å². The fourth-order valence-electron chi connectivity index (χ4n) is 2.69. The number of pyridine rings is 1. The summed E-state index contributed by atoms with van der Waals surface area (Å²) < 4.78 is 0. The van der Waals surface area contributed by atoms with Crippen LogP contribution in [-0.4, -0.2) is 54.8 Å². The number of likely N-dealkylation sites (N-methyl/N-ethyl adjacent to an activating group) is 1. The van der Waals surface area contributed by atoms with Crippen molar-refractivity contribution < 1.29 is 4.79 Å². The monoisotopic (exact) mass is 376 g/mol. The van der Waals surface area contributed by atoms with Gasteiger partial charge >= 0.3 is 0 Å². The van der Waals surface area contributed by atoms with Gasteiger partial charge in [-0.05, 0) is 37.4 Å². The highest BCUT2D eigenvalue weighted by atomic mass is 35.5. The maximum atomic E-state index is 12.4. The van der Waals surface area contributed by atoms with Gasteiger partial charge in [0.15, 0.2) is 0 Å². The number of nitrogens with zero attached hydrogens (tertiary/aromatic N) is 3. The van der Waals surface area contributed by atoms with Crippen LogP contribution in [-0.2, 0) is 4.79 Å². The maximum Gasteiger partial charge on any atom is 0.234 e. The van der Waals surface area contributed by atoms with Crippen molar-refractivity contribution in [2.45, 2.75) is 5.03 Å². The molecule has 1 aliphatic heterocycles. The zero-order valence-electron chi connectivity index (χ0n) is 14.1. The minimum absolute atomic E-state index is 0.0618. The normalized spacial score (nSPS) is 15.2. The molecule has 0 saturated carbocycles. The number of benzene rings is 1. The number of carbonyl (C=O) groups excluding carboxylic acids is 1. The largest absolute Gasteiger partial charge is 0.367 e. The summed E-state index contributed by atoms with van der Waals surface area (Å²) in [6.07, 6.45) is 1.72. The van der Waals surface area contributed by atoms with Gasteiger partial charge in [-0.3, -0.25) is 4.79 Å². The van der Waals surface area contributed by atoms with E-state index in [-0.39, 0.29) is 5.91 Å². The molecule has 1 fully saturated rings. The van der Waals surface area contributed by atoms with Crippen molar-refractivity contribution in [3.63, 3.8) is 0 Å². The second kappa shape index (κ2) is 8.56. The van der Waals surface area contributed by atoms with E-state index in [0.717, 1.165) is 42.6 Å². The Balaban J connectivity index is 1.66. The number of aromatic nitrogens is 1. The molecule has 1 aliphatic rings. The smallest absolute Gasteiger partial charge is 0.234 e. The predicted molar refractivity (Wildman–Crippen MR) is 105 cm³/mol. The highest BCUT2D eigenvalue weighted by Crippen LogP contribution is 2.30. The number of rotatable bonds is 5. The van der Waals surface area contributed by atoms with E-state index in [0.29, 0.717) is 10.8 Å². The van der Waals surface area contributed by atoms with Gasteiger partial charge in [0.25, 0.3) is 0 Å². The molecule has 1 aromatic carbocycles. The molecule has 1 amide bonds. The maximum absolute atomic E-state index is 12.4. The van der Waals surface area contributed by atoms with E-state index >= 15 is 0 Å². The first-order chi connectivity index (χ1) is 12.1. The molecule has 2 heterocycles. The van der Waals surface area contributed by atoms with Crippen LogP contribution >= 0.6 is 23.4 Å². The lowest BCUT2D eigenvalue weighted by Gasteiger charge is -2.35. The van der Waals surface area contributed by atoms with Gasteiger partial charge in [0.2, 0.25) is 5.91 Å².